The number of aryl methyl sites for hydroxylation is 1. The summed E-state index contributed by atoms with van der Waals surface area (Å²) >= 11 is 0. The van der Waals surface area contributed by atoms with Crippen LogP contribution in [0.15, 0.2) is 24.5 Å². The fourth-order valence-corrected chi connectivity index (χ4v) is 2.77. The number of carbonyl (C=O) groups is 1. The molecule has 1 saturated heterocycles. The van der Waals surface area contributed by atoms with Crippen LogP contribution in [0.1, 0.15) is 36.5 Å². The molecule has 26 heavy (non-hydrogen) atoms. The lowest BCUT2D eigenvalue weighted by atomic mass is 10.2. The number of aromatic nitrogens is 4. The van der Waals surface area contributed by atoms with E-state index >= 15 is 0 Å². The van der Waals surface area contributed by atoms with Gasteiger partial charge in [0.15, 0.2) is 0 Å². The third-order valence-corrected chi connectivity index (χ3v) is 4.46. The van der Waals surface area contributed by atoms with Crippen LogP contribution in [0.4, 0.5) is 11.9 Å². The summed E-state index contributed by atoms with van der Waals surface area (Å²) in [5, 5.41) is 2.96. The van der Waals surface area contributed by atoms with Crippen molar-refractivity contribution in [3.8, 4) is 0 Å². The van der Waals surface area contributed by atoms with Crippen LogP contribution >= 0.6 is 0 Å². The summed E-state index contributed by atoms with van der Waals surface area (Å²) in [6.07, 6.45) is 4.38. The predicted molar refractivity (Wildman–Crippen MR) is 100 cm³/mol. The summed E-state index contributed by atoms with van der Waals surface area (Å²) in [6, 6.07) is 3.66. The molecule has 0 radical (unpaired) electrons. The molecule has 0 aliphatic carbocycles. The molecule has 1 fully saturated rings. The molecule has 1 N–H and O–H groups in total. The smallest absolute Gasteiger partial charge is 0.270 e. The summed E-state index contributed by atoms with van der Waals surface area (Å²) in [6.45, 7) is 9.00. The Morgan fingerprint density at radius 3 is 2.35 bits per heavy atom. The quantitative estimate of drug-likeness (QED) is 0.868. The van der Waals surface area contributed by atoms with Crippen molar-refractivity contribution in [2.45, 2.75) is 33.2 Å². The summed E-state index contributed by atoms with van der Waals surface area (Å²) in [7, 11) is 0. The Labute approximate surface area is 153 Å². The van der Waals surface area contributed by atoms with Gasteiger partial charge in [0.25, 0.3) is 5.91 Å². The van der Waals surface area contributed by atoms with E-state index in [1.165, 1.54) is 0 Å². The van der Waals surface area contributed by atoms with E-state index in [-0.39, 0.29) is 11.9 Å². The van der Waals surface area contributed by atoms with Crippen molar-refractivity contribution in [2.24, 2.45) is 0 Å². The van der Waals surface area contributed by atoms with Gasteiger partial charge in [-0.3, -0.25) is 4.79 Å². The second kappa shape index (κ2) is 8.07. The van der Waals surface area contributed by atoms with Crippen LogP contribution in [0.5, 0.6) is 0 Å². The number of anilines is 2. The zero-order valence-electron chi connectivity index (χ0n) is 15.5. The molecule has 1 amide bonds. The molecule has 2 aromatic heterocycles. The molecule has 2 aromatic rings. The van der Waals surface area contributed by atoms with Crippen molar-refractivity contribution in [3.05, 3.63) is 35.9 Å². The lowest BCUT2D eigenvalue weighted by molar-refractivity contribution is 0.0934. The van der Waals surface area contributed by atoms with Crippen molar-refractivity contribution >= 4 is 17.8 Å². The van der Waals surface area contributed by atoms with Crippen molar-refractivity contribution in [1.82, 2.24) is 25.3 Å². The Balaban J connectivity index is 1.69. The van der Waals surface area contributed by atoms with Crippen molar-refractivity contribution in [2.75, 3.05) is 36.0 Å². The highest BCUT2D eigenvalue weighted by Crippen LogP contribution is 2.16. The van der Waals surface area contributed by atoms with E-state index in [0.29, 0.717) is 11.6 Å². The zero-order chi connectivity index (χ0) is 18.5. The van der Waals surface area contributed by atoms with Gasteiger partial charge in [-0.1, -0.05) is 6.92 Å². The standard InChI is InChI=1S/C18H25N7O/c1-4-13(2)21-16(26)15-12-14(3)22-18(23-15)25-10-8-24(9-11-25)17-19-6-5-7-20-17/h5-7,12-13H,4,8-11H2,1-3H3,(H,21,26). The van der Waals surface area contributed by atoms with E-state index in [2.05, 4.69) is 35.1 Å². The maximum atomic E-state index is 12.4. The van der Waals surface area contributed by atoms with Gasteiger partial charge in [-0.05, 0) is 32.4 Å². The van der Waals surface area contributed by atoms with Crippen molar-refractivity contribution < 1.29 is 4.79 Å². The zero-order valence-corrected chi connectivity index (χ0v) is 15.5. The number of nitrogens with one attached hydrogen (secondary N) is 1. The maximum Gasteiger partial charge on any atom is 0.270 e. The molecule has 1 atom stereocenters. The minimum absolute atomic E-state index is 0.121. The minimum atomic E-state index is -0.151. The molecular formula is C18H25N7O. The van der Waals surface area contributed by atoms with Gasteiger partial charge in [-0.15, -0.1) is 0 Å². The molecule has 0 aromatic carbocycles. The number of amides is 1. The highest BCUT2D eigenvalue weighted by Gasteiger charge is 2.22. The summed E-state index contributed by atoms with van der Waals surface area (Å²) in [4.78, 5) is 34.3. The molecular weight excluding hydrogens is 330 g/mol. The molecule has 1 unspecified atom stereocenters. The second-order valence-corrected chi connectivity index (χ2v) is 6.50. The van der Waals surface area contributed by atoms with Crippen LogP contribution in [-0.2, 0) is 0 Å². The van der Waals surface area contributed by atoms with Gasteiger partial charge >= 0.3 is 0 Å². The van der Waals surface area contributed by atoms with E-state index in [1.807, 2.05) is 26.8 Å². The largest absolute Gasteiger partial charge is 0.348 e. The Morgan fingerprint density at radius 2 is 1.73 bits per heavy atom. The Hall–Kier alpha value is -2.77. The highest BCUT2D eigenvalue weighted by molar-refractivity contribution is 5.92. The fraction of sp³-hybridized carbons (Fsp3) is 0.500. The van der Waals surface area contributed by atoms with Crippen molar-refractivity contribution in [3.63, 3.8) is 0 Å². The first-order valence-corrected chi connectivity index (χ1v) is 9.00. The number of carbonyl (C=O) groups excluding carboxylic acids is 1. The maximum absolute atomic E-state index is 12.4. The average Bonchev–Trinajstić information content (AvgIpc) is 2.68. The first-order valence-electron chi connectivity index (χ1n) is 9.00. The summed E-state index contributed by atoms with van der Waals surface area (Å²) in [5.74, 6) is 1.20. The molecule has 1 aliphatic heterocycles. The third-order valence-electron chi connectivity index (χ3n) is 4.46. The van der Waals surface area contributed by atoms with Crippen LogP contribution in [-0.4, -0.2) is 58.1 Å². The number of piperazine rings is 1. The Bertz CT molecular complexity index is 744. The van der Waals surface area contributed by atoms with Crippen LogP contribution in [0.2, 0.25) is 0 Å². The van der Waals surface area contributed by atoms with Gasteiger partial charge in [-0.25, -0.2) is 19.9 Å². The monoisotopic (exact) mass is 355 g/mol. The van der Waals surface area contributed by atoms with Gasteiger partial charge in [-0.2, -0.15) is 0 Å². The molecule has 0 bridgehead atoms. The van der Waals surface area contributed by atoms with E-state index in [1.54, 1.807) is 18.5 Å². The first-order chi connectivity index (χ1) is 12.6. The van der Waals surface area contributed by atoms with Gasteiger partial charge in [0, 0.05) is 50.3 Å². The van der Waals surface area contributed by atoms with Crippen LogP contribution in [0, 0.1) is 6.92 Å². The van der Waals surface area contributed by atoms with E-state index < -0.39 is 0 Å². The first kappa shape index (κ1) is 18.0. The summed E-state index contributed by atoms with van der Waals surface area (Å²) < 4.78 is 0. The molecule has 8 nitrogen and oxygen atoms in total. The fourth-order valence-electron chi connectivity index (χ4n) is 2.77. The minimum Gasteiger partial charge on any atom is -0.348 e. The molecule has 1 aliphatic rings. The van der Waals surface area contributed by atoms with Gasteiger partial charge in [0.05, 0.1) is 0 Å². The van der Waals surface area contributed by atoms with E-state index in [9.17, 15) is 4.79 Å². The molecule has 8 heteroatoms. The van der Waals surface area contributed by atoms with Gasteiger partial charge < -0.3 is 15.1 Å². The Kier molecular flexibility index (Phi) is 5.60. The molecule has 3 rings (SSSR count). The number of rotatable bonds is 5. The van der Waals surface area contributed by atoms with Crippen LogP contribution in [0.25, 0.3) is 0 Å². The number of hydrogen-bond acceptors (Lipinski definition) is 7. The lowest BCUT2D eigenvalue weighted by Gasteiger charge is -2.34. The van der Waals surface area contributed by atoms with Crippen LogP contribution < -0.4 is 15.1 Å². The van der Waals surface area contributed by atoms with Gasteiger partial charge in [0.2, 0.25) is 11.9 Å². The Morgan fingerprint density at radius 1 is 1.12 bits per heavy atom. The molecule has 0 saturated carbocycles. The lowest BCUT2D eigenvalue weighted by Crippen LogP contribution is -2.48. The molecule has 0 spiro atoms. The van der Waals surface area contributed by atoms with E-state index in [0.717, 1.165) is 44.2 Å². The van der Waals surface area contributed by atoms with Gasteiger partial charge in [0.1, 0.15) is 5.69 Å². The predicted octanol–water partition coefficient (Wildman–Crippen LogP) is 1.43. The topological polar surface area (TPSA) is 87.1 Å². The molecule has 3 heterocycles. The van der Waals surface area contributed by atoms with E-state index in [4.69, 9.17) is 0 Å². The number of hydrogen-bond donors (Lipinski definition) is 1. The average molecular weight is 355 g/mol. The number of nitrogens with zero attached hydrogens (tertiary/aromatic N) is 6. The highest BCUT2D eigenvalue weighted by atomic mass is 16.1. The SMILES string of the molecule is CCC(C)NC(=O)c1cc(C)nc(N2CCN(c3ncccn3)CC2)n1. The third kappa shape index (κ3) is 4.25. The van der Waals surface area contributed by atoms with Crippen LogP contribution in [0.3, 0.4) is 0 Å². The molecule has 138 valence electrons. The second-order valence-electron chi connectivity index (χ2n) is 6.50. The normalized spacial score (nSPS) is 15.7. The van der Waals surface area contributed by atoms with Crippen molar-refractivity contribution in [1.29, 1.82) is 0 Å². The summed E-state index contributed by atoms with van der Waals surface area (Å²) in [5.41, 5.74) is 1.21.